The molecule has 0 aliphatic carbocycles. The second kappa shape index (κ2) is 9.10. The first-order valence-corrected chi connectivity index (χ1v) is 9.34. The van der Waals surface area contributed by atoms with Crippen LogP contribution in [-0.4, -0.2) is 85.5 Å². The van der Waals surface area contributed by atoms with Gasteiger partial charge in [-0.2, -0.15) is 0 Å². The number of piperazine rings is 1. The lowest BCUT2D eigenvalue weighted by molar-refractivity contribution is -0.145. The SMILES string of the molecule is COc1cc(C(=O)N2CCN(C(=O)OC(C)(C)C)C(C(=O)O)C2)cc(OC)c1OC. The molecule has 0 bridgehead atoms. The van der Waals surface area contributed by atoms with Crippen LogP contribution in [0, 0.1) is 0 Å². The van der Waals surface area contributed by atoms with E-state index in [1.807, 2.05) is 0 Å². The van der Waals surface area contributed by atoms with Crippen molar-refractivity contribution in [1.82, 2.24) is 9.80 Å². The first kappa shape index (κ1) is 23.1. The number of methoxy groups -OCH3 is 3. The van der Waals surface area contributed by atoms with Crippen LogP contribution in [0.25, 0.3) is 0 Å². The number of benzene rings is 1. The number of carbonyl (C=O) groups is 3. The molecule has 1 saturated heterocycles. The molecule has 1 aliphatic rings. The molecular weight excluding hydrogens is 396 g/mol. The lowest BCUT2D eigenvalue weighted by Gasteiger charge is -2.39. The molecule has 1 aromatic rings. The van der Waals surface area contributed by atoms with Crippen LogP contribution in [0.1, 0.15) is 31.1 Å². The van der Waals surface area contributed by atoms with Gasteiger partial charge in [-0.25, -0.2) is 9.59 Å². The first-order chi connectivity index (χ1) is 14.0. The third-order valence-electron chi connectivity index (χ3n) is 4.49. The highest BCUT2D eigenvalue weighted by molar-refractivity contribution is 5.96. The fraction of sp³-hybridized carbons (Fsp3) is 0.550. The van der Waals surface area contributed by atoms with Gasteiger partial charge >= 0.3 is 12.1 Å². The number of aliphatic carboxylic acids is 1. The molecule has 1 aliphatic heterocycles. The highest BCUT2D eigenvalue weighted by atomic mass is 16.6. The Morgan fingerprint density at radius 3 is 2.00 bits per heavy atom. The monoisotopic (exact) mass is 424 g/mol. The molecule has 1 aromatic carbocycles. The lowest BCUT2D eigenvalue weighted by atomic mass is 10.1. The topological polar surface area (TPSA) is 115 Å². The highest BCUT2D eigenvalue weighted by Gasteiger charge is 2.39. The predicted octanol–water partition coefficient (Wildman–Crippen LogP) is 1.86. The van der Waals surface area contributed by atoms with Crippen LogP contribution in [0.2, 0.25) is 0 Å². The van der Waals surface area contributed by atoms with Crippen molar-refractivity contribution in [1.29, 1.82) is 0 Å². The average Bonchev–Trinajstić information content (AvgIpc) is 2.70. The number of hydrogen-bond acceptors (Lipinski definition) is 7. The molecule has 1 unspecified atom stereocenters. The Morgan fingerprint density at radius 2 is 1.57 bits per heavy atom. The summed E-state index contributed by atoms with van der Waals surface area (Å²) in [6.07, 6.45) is -0.727. The van der Waals surface area contributed by atoms with Gasteiger partial charge in [0.2, 0.25) is 5.75 Å². The Labute approximate surface area is 175 Å². The Kier molecular flexibility index (Phi) is 7.01. The molecule has 166 valence electrons. The van der Waals surface area contributed by atoms with E-state index < -0.39 is 29.6 Å². The van der Waals surface area contributed by atoms with Crippen LogP contribution >= 0.6 is 0 Å². The first-order valence-electron chi connectivity index (χ1n) is 9.34. The summed E-state index contributed by atoms with van der Waals surface area (Å²) in [5.41, 5.74) is -0.511. The quantitative estimate of drug-likeness (QED) is 0.762. The molecule has 2 amide bonds. The number of nitrogens with zero attached hydrogens (tertiary/aromatic N) is 2. The van der Waals surface area contributed by atoms with Crippen LogP contribution in [0.4, 0.5) is 4.79 Å². The van der Waals surface area contributed by atoms with E-state index in [2.05, 4.69) is 0 Å². The fourth-order valence-electron chi connectivity index (χ4n) is 3.10. The van der Waals surface area contributed by atoms with Gasteiger partial charge in [0.05, 0.1) is 27.9 Å². The fourth-order valence-corrected chi connectivity index (χ4v) is 3.10. The standard InChI is InChI=1S/C20H28N2O8/c1-20(2,3)30-19(26)22-8-7-21(11-13(22)18(24)25)17(23)12-9-14(27-4)16(29-6)15(10-12)28-5/h9-10,13H,7-8,11H2,1-6H3,(H,24,25). The Bertz CT molecular complexity index is 793. The van der Waals surface area contributed by atoms with Crippen molar-refractivity contribution in [2.45, 2.75) is 32.4 Å². The maximum Gasteiger partial charge on any atom is 0.411 e. The van der Waals surface area contributed by atoms with E-state index >= 15 is 0 Å². The average molecular weight is 424 g/mol. The molecule has 0 radical (unpaired) electrons. The summed E-state index contributed by atoms with van der Waals surface area (Å²) in [5, 5.41) is 9.61. The Hall–Kier alpha value is -3.17. The van der Waals surface area contributed by atoms with E-state index in [4.69, 9.17) is 18.9 Å². The molecule has 10 heteroatoms. The van der Waals surface area contributed by atoms with Crippen LogP contribution in [0.5, 0.6) is 17.2 Å². The van der Waals surface area contributed by atoms with E-state index in [0.717, 1.165) is 4.90 Å². The van der Waals surface area contributed by atoms with E-state index in [-0.39, 0.29) is 25.2 Å². The molecule has 1 atom stereocenters. The minimum absolute atomic E-state index is 0.0298. The number of ether oxygens (including phenoxy) is 4. The van der Waals surface area contributed by atoms with Crippen LogP contribution < -0.4 is 14.2 Å². The zero-order chi connectivity index (χ0) is 22.6. The molecule has 1 heterocycles. The predicted molar refractivity (Wildman–Crippen MR) is 106 cm³/mol. The molecular formula is C20H28N2O8. The summed E-state index contributed by atoms with van der Waals surface area (Å²) < 4.78 is 21.1. The van der Waals surface area contributed by atoms with Gasteiger partial charge in [-0.1, -0.05) is 0 Å². The van der Waals surface area contributed by atoms with Gasteiger partial charge in [-0.05, 0) is 32.9 Å². The number of carboxylic acid groups (broad SMARTS) is 1. The van der Waals surface area contributed by atoms with Crippen molar-refractivity contribution in [2.24, 2.45) is 0 Å². The summed E-state index contributed by atoms with van der Waals surface area (Å²) in [5.74, 6) is -0.674. The lowest BCUT2D eigenvalue weighted by Crippen LogP contribution is -2.60. The van der Waals surface area contributed by atoms with Gasteiger partial charge in [-0.15, -0.1) is 0 Å². The van der Waals surface area contributed by atoms with Gasteiger partial charge in [0, 0.05) is 18.7 Å². The number of rotatable bonds is 5. The number of amides is 2. The van der Waals surface area contributed by atoms with Gasteiger partial charge in [0.1, 0.15) is 5.60 Å². The number of hydrogen-bond donors (Lipinski definition) is 1. The summed E-state index contributed by atoms with van der Waals surface area (Å²) in [7, 11) is 4.33. The van der Waals surface area contributed by atoms with Gasteiger partial charge in [-0.3, -0.25) is 9.69 Å². The summed E-state index contributed by atoms with van der Waals surface area (Å²) in [6.45, 7) is 5.10. The molecule has 0 aromatic heterocycles. The van der Waals surface area contributed by atoms with Crippen molar-refractivity contribution in [3.05, 3.63) is 17.7 Å². The van der Waals surface area contributed by atoms with E-state index in [0.29, 0.717) is 17.2 Å². The van der Waals surface area contributed by atoms with Crippen molar-refractivity contribution in [2.75, 3.05) is 41.0 Å². The highest BCUT2D eigenvalue weighted by Crippen LogP contribution is 2.38. The van der Waals surface area contributed by atoms with Crippen molar-refractivity contribution < 1.29 is 38.4 Å². The van der Waals surface area contributed by atoms with Crippen molar-refractivity contribution in [3.63, 3.8) is 0 Å². The largest absolute Gasteiger partial charge is 0.493 e. The molecule has 1 N–H and O–H groups in total. The zero-order valence-electron chi connectivity index (χ0n) is 18.1. The summed E-state index contributed by atoms with van der Waals surface area (Å²) in [6, 6.07) is 1.78. The van der Waals surface area contributed by atoms with Crippen molar-refractivity contribution >= 4 is 18.0 Å². The maximum atomic E-state index is 13.1. The second-order valence-corrected chi connectivity index (χ2v) is 7.69. The van der Waals surface area contributed by atoms with Crippen molar-refractivity contribution in [3.8, 4) is 17.2 Å². The van der Waals surface area contributed by atoms with E-state index in [9.17, 15) is 19.5 Å². The minimum atomic E-state index is -1.22. The van der Waals surface area contributed by atoms with Gasteiger partial charge in [0.25, 0.3) is 5.91 Å². The minimum Gasteiger partial charge on any atom is -0.493 e. The third kappa shape index (κ3) is 5.05. The Morgan fingerprint density at radius 1 is 1.00 bits per heavy atom. The summed E-state index contributed by atoms with van der Waals surface area (Å²) in [4.78, 5) is 39.7. The van der Waals surface area contributed by atoms with E-state index in [1.54, 1.807) is 20.8 Å². The van der Waals surface area contributed by atoms with E-state index in [1.165, 1.54) is 38.4 Å². The van der Waals surface area contributed by atoms with Gasteiger partial charge < -0.3 is 29.0 Å². The molecule has 0 spiro atoms. The van der Waals surface area contributed by atoms with Crippen LogP contribution in [0.3, 0.4) is 0 Å². The third-order valence-corrected chi connectivity index (χ3v) is 4.49. The molecule has 30 heavy (non-hydrogen) atoms. The smallest absolute Gasteiger partial charge is 0.411 e. The second-order valence-electron chi connectivity index (χ2n) is 7.69. The molecule has 2 rings (SSSR count). The summed E-state index contributed by atoms with van der Waals surface area (Å²) >= 11 is 0. The Balaban J connectivity index is 2.27. The number of carboxylic acids is 1. The molecule has 10 nitrogen and oxygen atoms in total. The molecule has 0 saturated carbocycles. The zero-order valence-corrected chi connectivity index (χ0v) is 18.1. The van der Waals surface area contributed by atoms with Crippen LogP contribution in [-0.2, 0) is 9.53 Å². The van der Waals surface area contributed by atoms with Gasteiger partial charge in [0.15, 0.2) is 17.5 Å². The van der Waals surface area contributed by atoms with Crippen LogP contribution in [0.15, 0.2) is 12.1 Å². The molecule has 1 fully saturated rings. The maximum absolute atomic E-state index is 13.1. The normalized spacial score (nSPS) is 16.7. The number of carbonyl (C=O) groups excluding carboxylic acids is 2.